The third-order valence-electron chi connectivity index (χ3n) is 4.74. The van der Waals surface area contributed by atoms with Crippen molar-refractivity contribution in [3.8, 4) is 0 Å². The van der Waals surface area contributed by atoms with E-state index in [0.717, 1.165) is 44.6 Å². The molecule has 0 spiro atoms. The predicted molar refractivity (Wildman–Crippen MR) is 97.4 cm³/mol. The van der Waals surface area contributed by atoms with Crippen molar-refractivity contribution in [1.82, 2.24) is 9.80 Å². The summed E-state index contributed by atoms with van der Waals surface area (Å²) in [6, 6.07) is 7.95. The normalized spacial score (nSPS) is 15.8. The minimum Gasteiger partial charge on any atom is -0.340 e. The number of hydrogen-bond donors (Lipinski definition) is 0. The smallest absolute Gasteiger partial charge is 0.222 e. The first-order valence-corrected chi connectivity index (χ1v) is 9.14. The van der Waals surface area contributed by atoms with Crippen molar-refractivity contribution in [2.24, 2.45) is 0 Å². The Morgan fingerprint density at radius 3 is 2.21 bits per heavy atom. The molecule has 0 bridgehead atoms. The average Bonchev–Trinajstić information content (AvgIpc) is 2.60. The van der Waals surface area contributed by atoms with E-state index in [9.17, 15) is 9.59 Å². The molecule has 1 aliphatic rings. The summed E-state index contributed by atoms with van der Waals surface area (Å²) in [6.07, 6.45) is 2.66. The number of nitrogens with zero attached hydrogens (tertiary/aromatic N) is 2. The first-order valence-electron chi connectivity index (χ1n) is 9.14. The molecule has 0 saturated carbocycles. The predicted octanol–water partition coefficient (Wildman–Crippen LogP) is 3.33. The second-order valence-electron chi connectivity index (χ2n) is 6.96. The van der Waals surface area contributed by atoms with Gasteiger partial charge >= 0.3 is 0 Å². The van der Waals surface area contributed by atoms with Crippen LogP contribution in [0.5, 0.6) is 0 Å². The highest BCUT2D eigenvalue weighted by Gasteiger charge is 2.22. The molecule has 0 unspecified atom stereocenters. The Kier molecular flexibility index (Phi) is 6.98. The molecule has 4 nitrogen and oxygen atoms in total. The van der Waals surface area contributed by atoms with Gasteiger partial charge in [-0.05, 0) is 17.9 Å². The molecule has 4 heteroatoms. The number of amides is 1. The summed E-state index contributed by atoms with van der Waals surface area (Å²) in [5, 5.41) is 0. The molecule has 132 valence electrons. The van der Waals surface area contributed by atoms with Gasteiger partial charge in [-0.1, -0.05) is 51.5 Å². The first kappa shape index (κ1) is 18.7. The molecule has 1 aromatic carbocycles. The van der Waals surface area contributed by atoms with E-state index >= 15 is 0 Å². The minimum atomic E-state index is 0.163. The second kappa shape index (κ2) is 8.97. The Morgan fingerprint density at radius 1 is 1.04 bits per heavy atom. The molecule has 0 aromatic heterocycles. The number of unbranched alkanes of at least 4 members (excludes halogenated alkanes) is 1. The molecule has 0 aliphatic carbocycles. The molecule has 1 fully saturated rings. The van der Waals surface area contributed by atoms with Crippen LogP contribution in [0, 0.1) is 0 Å². The van der Waals surface area contributed by atoms with E-state index in [1.54, 1.807) is 0 Å². The van der Waals surface area contributed by atoms with Gasteiger partial charge in [0.1, 0.15) is 0 Å². The Bertz CT molecular complexity index is 543. The zero-order valence-electron chi connectivity index (χ0n) is 15.3. The molecule has 0 atom stereocenters. The van der Waals surface area contributed by atoms with Crippen LogP contribution in [0.25, 0.3) is 0 Å². The molecule has 0 radical (unpaired) electrons. The third kappa shape index (κ3) is 5.17. The molecule has 24 heavy (non-hydrogen) atoms. The number of piperazine rings is 1. The highest BCUT2D eigenvalue weighted by Crippen LogP contribution is 2.15. The van der Waals surface area contributed by atoms with Gasteiger partial charge in [0.15, 0.2) is 5.78 Å². The molecule has 2 rings (SSSR count). The maximum absolute atomic E-state index is 12.4. The number of rotatable bonds is 7. The van der Waals surface area contributed by atoms with Crippen LogP contribution in [-0.2, 0) is 4.79 Å². The van der Waals surface area contributed by atoms with Gasteiger partial charge < -0.3 is 4.90 Å². The molecule has 1 heterocycles. The quantitative estimate of drug-likeness (QED) is 0.720. The van der Waals surface area contributed by atoms with Gasteiger partial charge in [0.2, 0.25) is 5.91 Å². The van der Waals surface area contributed by atoms with Gasteiger partial charge in [-0.25, -0.2) is 0 Å². The summed E-state index contributed by atoms with van der Waals surface area (Å²) in [4.78, 5) is 28.6. The van der Waals surface area contributed by atoms with E-state index in [1.165, 1.54) is 5.56 Å². The van der Waals surface area contributed by atoms with E-state index in [1.807, 2.05) is 29.2 Å². The van der Waals surface area contributed by atoms with Crippen LogP contribution in [0.1, 0.15) is 61.9 Å². The van der Waals surface area contributed by atoms with Crippen molar-refractivity contribution >= 4 is 11.7 Å². The molecule has 1 aromatic rings. The van der Waals surface area contributed by atoms with Crippen LogP contribution in [-0.4, -0.2) is 54.2 Å². The topological polar surface area (TPSA) is 40.6 Å². The van der Waals surface area contributed by atoms with Gasteiger partial charge in [0.25, 0.3) is 0 Å². The van der Waals surface area contributed by atoms with Crippen molar-refractivity contribution in [2.75, 3.05) is 32.7 Å². The van der Waals surface area contributed by atoms with Gasteiger partial charge in [-0.2, -0.15) is 0 Å². The zero-order chi connectivity index (χ0) is 17.5. The lowest BCUT2D eigenvalue weighted by atomic mass is 10.0. The number of ketones is 1. The summed E-state index contributed by atoms with van der Waals surface area (Å²) < 4.78 is 0. The third-order valence-corrected chi connectivity index (χ3v) is 4.74. The molecule has 1 amide bonds. The van der Waals surface area contributed by atoms with E-state index in [-0.39, 0.29) is 11.7 Å². The lowest BCUT2D eigenvalue weighted by Crippen LogP contribution is -2.49. The van der Waals surface area contributed by atoms with Crippen LogP contribution in [0.15, 0.2) is 24.3 Å². The fraction of sp³-hybridized carbons (Fsp3) is 0.600. The van der Waals surface area contributed by atoms with E-state index in [2.05, 4.69) is 25.7 Å². The summed E-state index contributed by atoms with van der Waals surface area (Å²) in [6.45, 7) is 9.89. The monoisotopic (exact) mass is 330 g/mol. The largest absolute Gasteiger partial charge is 0.340 e. The minimum absolute atomic E-state index is 0.163. The van der Waals surface area contributed by atoms with E-state index in [4.69, 9.17) is 0 Å². The Balaban J connectivity index is 1.80. The Labute approximate surface area is 145 Å². The zero-order valence-corrected chi connectivity index (χ0v) is 15.3. The van der Waals surface area contributed by atoms with E-state index in [0.29, 0.717) is 18.9 Å². The van der Waals surface area contributed by atoms with Gasteiger partial charge in [-0.3, -0.25) is 14.5 Å². The van der Waals surface area contributed by atoms with Gasteiger partial charge in [-0.15, -0.1) is 0 Å². The Morgan fingerprint density at radius 2 is 1.67 bits per heavy atom. The molecule has 1 aliphatic heterocycles. The number of carbonyl (C=O) groups is 2. The number of carbonyl (C=O) groups excluding carboxylic acids is 2. The number of benzene rings is 1. The standard InChI is InChI=1S/C20H30N2O2/c1-4-5-6-20(24)22-13-11-21(12-14-22)15-19(23)18-9-7-17(8-10-18)16(2)3/h7-10,16H,4-6,11-15H2,1-3H3. The highest BCUT2D eigenvalue weighted by molar-refractivity contribution is 5.97. The van der Waals surface area contributed by atoms with E-state index < -0.39 is 0 Å². The van der Waals surface area contributed by atoms with Crippen LogP contribution in [0.4, 0.5) is 0 Å². The lowest BCUT2D eigenvalue weighted by Gasteiger charge is -2.34. The summed E-state index contributed by atoms with van der Waals surface area (Å²) >= 11 is 0. The van der Waals surface area contributed by atoms with Crippen molar-refractivity contribution in [1.29, 1.82) is 0 Å². The number of Topliss-reactive ketones (excluding diaryl/α,β-unsaturated/α-hetero) is 1. The summed E-state index contributed by atoms with van der Waals surface area (Å²) in [7, 11) is 0. The van der Waals surface area contributed by atoms with Crippen LogP contribution in [0.2, 0.25) is 0 Å². The fourth-order valence-corrected chi connectivity index (χ4v) is 2.99. The maximum atomic E-state index is 12.4. The molecule has 1 saturated heterocycles. The molecular formula is C20H30N2O2. The van der Waals surface area contributed by atoms with Crippen molar-refractivity contribution in [3.05, 3.63) is 35.4 Å². The lowest BCUT2D eigenvalue weighted by molar-refractivity contribution is -0.132. The Hall–Kier alpha value is -1.68. The molecular weight excluding hydrogens is 300 g/mol. The first-order chi connectivity index (χ1) is 11.5. The van der Waals surface area contributed by atoms with Crippen LogP contribution < -0.4 is 0 Å². The maximum Gasteiger partial charge on any atom is 0.222 e. The second-order valence-corrected chi connectivity index (χ2v) is 6.96. The number of hydrogen-bond acceptors (Lipinski definition) is 3. The van der Waals surface area contributed by atoms with Gasteiger partial charge in [0, 0.05) is 38.2 Å². The van der Waals surface area contributed by atoms with Crippen LogP contribution in [0.3, 0.4) is 0 Å². The van der Waals surface area contributed by atoms with Crippen molar-refractivity contribution in [2.45, 2.75) is 46.0 Å². The molecule has 0 N–H and O–H groups in total. The van der Waals surface area contributed by atoms with Crippen LogP contribution >= 0.6 is 0 Å². The fourth-order valence-electron chi connectivity index (χ4n) is 2.99. The summed E-state index contributed by atoms with van der Waals surface area (Å²) in [5.74, 6) is 0.899. The highest BCUT2D eigenvalue weighted by atomic mass is 16.2. The van der Waals surface area contributed by atoms with Crippen molar-refractivity contribution in [3.63, 3.8) is 0 Å². The average molecular weight is 330 g/mol. The van der Waals surface area contributed by atoms with Crippen molar-refractivity contribution < 1.29 is 9.59 Å². The summed E-state index contributed by atoms with van der Waals surface area (Å²) in [5.41, 5.74) is 2.03. The SMILES string of the molecule is CCCCC(=O)N1CCN(CC(=O)c2ccc(C(C)C)cc2)CC1. The van der Waals surface area contributed by atoms with Gasteiger partial charge in [0.05, 0.1) is 6.54 Å².